The van der Waals surface area contributed by atoms with Crippen LogP contribution < -0.4 is 10.5 Å². The second-order valence-electron chi connectivity index (χ2n) is 9.91. The Morgan fingerprint density at radius 1 is 1.00 bits per heavy atom. The van der Waals surface area contributed by atoms with Crippen LogP contribution in [0.5, 0.6) is 5.75 Å². The zero-order chi connectivity index (χ0) is 22.3. The van der Waals surface area contributed by atoms with Crippen LogP contribution in [-0.2, 0) is 11.7 Å². The summed E-state index contributed by atoms with van der Waals surface area (Å²) in [4.78, 5) is 0. The van der Waals surface area contributed by atoms with Gasteiger partial charge in [-0.3, -0.25) is 0 Å². The van der Waals surface area contributed by atoms with E-state index < -0.39 is 17.3 Å². The number of alkyl halides is 3. The number of halogens is 3. The fraction of sp³-hybridized carbons (Fsp3) is 0.583. The molecule has 2 aromatic carbocycles. The molecule has 0 aromatic heterocycles. The molecule has 6 heteroatoms. The van der Waals surface area contributed by atoms with Gasteiger partial charge in [0.1, 0.15) is 11.3 Å². The zero-order valence-corrected chi connectivity index (χ0v) is 18.1. The van der Waals surface area contributed by atoms with E-state index in [2.05, 4.69) is 20.8 Å². The van der Waals surface area contributed by atoms with Gasteiger partial charge in [0.15, 0.2) is 0 Å². The lowest BCUT2D eigenvalue weighted by atomic mass is 9.72. The van der Waals surface area contributed by atoms with E-state index in [-0.39, 0.29) is 29.3 Å². The first-order valence-electron chi connectivity index (χ1n) is 10.5. The largest absolute Gasteiger partial charge is 0.490 e. The smallest absolute Gasteiger partial charge is 0.420 e. The van der Waals surface area contributed by atoms with E-state index in [4.69, 9.17) is 10.5 Å². The van der Waals surface area contributed by atoms with Crippen molar-refractivity contribution >= 4 is 10.8 Å². The van der Waals surface area contributed by atoms with Gasteiger partial charge in [-0.25, -0.2) is 0 Å². The number of rotatable bonds is 4. The van der Waals surface area contributed by atoms with Crippen LogP contribution in [0.2, 0.25) is 0 Å². The number of fused-ring (bicyclic) bond motifs is 1. The highest BCUT2D eigenvalue weighted by Crippen LogP contribution is 2.44. The molecular weight excluding hydrogens is 391 g/mol. The first-order valence-corrected chi connectivity index (χ1v) is 10.5. The van der Waals surface area contributed by atoms with Gasteiger partial charge in [-0.2, -0.15) is 13.2 Å². The maximum absolute atomic E-state index is 14.0. The van der Waals surface area contributed by atoms with Gasteiger partial charge in [-0.1, -0.05) is 39.0 Å². The minimum atomic E-state index is -4.54. The molecule has 0 aliphatic heterocycles. The third kappa shape index (κ3) is 4.75. The molecule has 1 aliphatic carbocycles. The average Bonchev–Trinajstić information content (AvgIpc) is 2.66. The maximum Gasteiger partial charge on any atom is 0.420 e. The summed E-state index contributed by atoms with van der Waals surface area (Å²) in [6, 6.07) is 7.64. The number of aliphatic hydroxyl groups is 1. The highest BCUT2D eigenvalue weighted by molar-refractivity contribution is 5.89. The fourth-order valence-corrected chi connectivity index (χ4v) is 4.37. The van der Waals surface area contributed by atoms with Crippen LogP contribution in [-0.4, -0.2) is 17.8 Å². The van der Waals surface area contributed by atoms with E-state index in [1.54, 1.807) is 25.1 Å². The molecule has 2 aromatic rings. The molecule has 0 bridgehead atoms. The Balaban J connectivity index is 1.93. The van der Waals surface area contributed by atoms with E-state index in [0.29, 0.717) is 16.9 Å². The molecule has 1 saturated carbocycles. The van der Waals surface area contributed by atoms with Gasteiger partial charge < -0.3 is 15.6 Å². The van der Waals surface area contributed by atoms with E-state index in [1.165, 1.54) is 12.1 Å². The van der Waals surface area contributed by atoms with Gasteiger partial charge in [0.05, 0.1) is 18.2 Å². The van der Waals surface area contributed by atoms with Crippen LogP contribution in [0.15, 0.2) is 30.3 Å². The van der Waals surface area contributed by atoms with Gasteiger partial charge in [0, 0.05) is 0 Å². The van der Waals surface area contributed by atoms with Crippen LogP contribution in [0, 0.1) is 11.3 Å². The minimum absolute atomic E-state index is 0.0841. The Bertz CT molecular complexity index is 892. The van der Waals surface area contributed by atoms with Crippen molar-refractivity contribution in [2.75, 3.05) is 6.61 Å². The maximum atomic E-state index is 14.0. The van der Waals surface area contributed by atoms with Crippen molar-refractivity contribution < 1.29 is 23.0 Å². The van der Waals surface area contributed by atoms with Crippen molar-refractivity contribution in [3.05, 3.63) is 41.5 Å². The molecule has 0 spiro atoms. The summed E-state index contributed by atoms with van der Waals surface area (Å²) in [6.45, 7) is 7.97. The molecule has 0 amide bonds. The third-order valence-corrected chi connectivity index (χ3v) is 6.45. The highest BCUT2D eigenvalue weighted by atomic mass is 19.4. The summed E-state index contributed by atoms with van der Waals surface area (Å²) in [5.74, 6) is 0.450. The average molecular weight is 424 g/mol. The summed E-state index contributed by atoms with van der Waals surface area (Å²) in [5, 5.41) is 9.98. The van der Waals surface area contributed by atoms with E-state index >= 15 is 0 Å². The first-order chi connectivity index (χ1) is 13.8. The van der Waals surface area contributed by atoms with Crippen molar-refractivity contribution in [1.82, 2.24) is 0 Å². The molecule has 0 radical (unpaired) electrons. The number of hydrogen-bond donors (Lipinski definition) is 2. The number of aliphatic hydroxyl groups excluding tert-OH is 1. The standard InChI is InChI=1S/C24H32F3NO2/c1-22(2,3)16-6-9-18(10-7-16)30-20-12-5-15-13-17(23(4,28)14-29)8-11-19(15)21(20)24(25,26)27/h5,8,11-13,16,18,29H,6-7,9-10,14,28H2,1-4H3/t16-,18+,23-/m1/s1. The lowest BCUT2D eigenvalue weighted by Crippen LogP contribution is -2.36. The number of nitrogens with two attached hydrogens (primary N) is 1. The fourth-order valence-electron chi connectivity index (χ4n) is 4.37. The predicted octanol–water partition coefficient (Wildman–Crippen LogP) is 6.01. The van der Waals surface area contributed by atoms with Crippen LogP contribution >= 0.6 is 0 Å². The Morgan fingerprint density at radius 2 is 1.63 bits per heavy atom. The van der Waals surface area contributed by atoms with Crippen LogP contribution in [0.3, 0.4) is 0 Å². The van der Waals surface area contributed by atoms with Gasteiger partial charge in [0.25, 0.3) is 0 Å². The van der Waals surface area contributed by atoms with Crippen molar-refractivity contribution in [1.29, 1.82) is 0 Å². The molecule has 1 atom stereocenters. The van der Waals surface area contributed by atoms with E-state index in [9.17, 15) is 18.3 Å². The van der Waals surface area contributed by atoms with Gasteiger partial charge in [-0.05, 0) is 72.4 Å². The molecule has 3 rings (SSSR count). The number of hydrogen-bond acceptors (Lipinski definition) is 3. The summed E-state index contributed by atoms with van der Waals surface area (Å²) in [6.07, 6.45) is -1.30. The quantitative estimate of drug-likeness (QED) is 0.633. The highest BCUT2D eigenvalue weighted by Gasteiger charge is 2.38. The summed E-state index contributed by atoms with van der Waals surface area (Å²) >= 11 is 0. The minimum Gasteiger partial charge on any atom is -0.490 e. The van der Waals surface area contributed by atoms with Crippen LogP contribution in [0.25, 0.3) is 10.8 Å². The third-order valence-electron chi connectivity index (χ3n) is 6.45. The Morgan fingerprint density at radius 3 is 2.17 bits per heavy atom. The van der Waals surface area contributed by atoms with Crippen molar-refractivity contribution in [3.8, 4) is 5.75 Å². The Kier molecular flexibility index (Phi) is 6.14. The van der Waals surface area contributed by atoms with Gasteiger partial charge >= 0.3 is 6.18 Å². The molecule has 0 saturated heterocycles. The summed E-state index contributed by atoms with van der Waals surface area (Å²) in [5.41, 5.74) is 5.07. The topological polar surface area (TPSA) is 55.5 Å². The molecule has 30 heavy (non-hydrogen) atoms. The lowest BCUT2D eigenvalue weighted by Gasteiger charge is -2.37. The molecule has 1 fully saturated rings. The molecule has 3 nitrogen and oxygen atoms in total. The second kappa shape index (κ2) is 8.04. The normalized spacial score (nSPS) is 22.7. The van der Waals surface area contributed by atoms with E-state index in [1.807, 2.05) is 0 Å². The van der Waals surface area contributed by atoms with E-state index in [0.717, 1.165) is 25.7 Å². The molecular formula is C24H32F3NO2. The first kappa shape index (κ1) is 22.9. The number of benzene rings is 2. The Labute approximate surface area is 176 Å². The molecule has 3 N–H and O–H groups in total. The monoisotopic (exact) mass is 423 g/mol. The molecule has 1 aliphatic rings. The zero-order valence-electron chi connectivity index (χ0n) is 18.1. The Hall–Kier alpha value is -1.79. The molecule has 0 unspecified atom stereocenters. The SMILES string of the molecule is CC(C)(C)[C@H]1CC[C@@H](Oc2ccc3cc([C@](C)(N)CO)ccc3c2C(F)(F)F)CC1. The van der Waals surface area contributed by atoms with Gasteiger partial charge in [0.2, 0.25) is 0 Å². The number of ether oxygens (including phenoxy) is 1. The van der Waals surface area contributed by atoms with Gasteiger partial charge in [-0.15, -0.1) is 0 Å². The van der Waals surface area contributed by atoms with Crippen molar-refractivity contribution in [2.45, 2.75) is 71.2 Å². The van der Waals surface area contributed by atoms with Crippen LogP contribution in [0.1, 0.15) is 64.5 Å². The lowest BCUT2D eigenvalue weighted by molar-refractivity contribution is -0.138. The molecule has 0 heterocycles. The van der Waals surface area contributed by atoms with Crippen LogP contribution in [0.4, 0.5) is 13.2 Å². The van der Waals surface area contributed by atoms with Crippen molar-refractivity contribution in [3.63, 3.8) is 0 Å². The second-order valence-corrected chi connectivity index (χ2v) is 9.91. The predicted molar refractivity (Wildman–Crippen MR) is 113 cm³/mol. The summed E-state index contributed by atoms with van der Waals surface area (Å²) in [7, 11) is 0. The summed E-state index contributed by atoms with van der Waals surface area (Å²) < 4.78 is 47.9. The molecule has 166 valence electrons. The van der Waals surface area contributed by atoms with Crippen molar-refractivity contribution in [2.24, 2.45) is 17.1 Å².